The number of nitro groups is 3. The van der Waals surface area contributed by atoms with Gasteiger partial charge in [-0.2, -0.15) is 0 Å². The molecule has 1 aromatic rings. The molecule has 0 spiro atoms. The van der Waals surface area contributed by atoms with Crippen molar-refractivity contribution in [2.45, 2.75) is 19.8 Å². The Morgan fingerprint density at radius 1 is 0.955 bits per heavy atom. The van der Waals surface area contributed by atoms with Gasteiger partial charge in [-0.05, 0) is 18.8 Å². The lowest BCUT2D eigenvalue weighted by Crippen LogP contribution is -2.33. The minimum absolute atomic E-state index is 0.146. The number of hydrogen-bond donors (Lipinski definition) is 0. The van der Waals surface area contributed by atoms with Gasteiger partial charge in [0.15, 0.2) is 5.69 Å². The van der Waals surface area contributed by atoms with Crippen LogP contribution in [0.1, 0.15) is 19.8 Å². The molecule has 2 rings (SSSR count). The molecule has 1 saturated heterocycles. The number of rotatable bonds is 4. The van der Waals surface area contributed by atoms with Crippen molar-refractivity contribution in [2.75, 3.05) is 18.0 Å². The minimum Gasteiger partial charge on any atom is -0.360 e. The van der Waals surface area contributed by atoms with Crippen LogP contribution in [-0.2, 0) is 0 Å². The van der Waals surface area contributed by atoms with Crippen molar-refractivity contribution in [2.24, 2.45) is 5.92 Å². The molecule has 0 unspecified atom stereocenters. The monoisotopic (exact) mass is 310 g/mol. The largest absolute Gasteiger partial charge is 0.360 e. The van der Waals surface area contributed by atoms with E-state index in [0.717, 1.165) is 25.0 Å². The molecule has 0 bridgehead atoms. The molecule has 10 nitrogen and oxygen atoms in total. The van der Waals surface area contributed by atoms with Crippen LogP contribution in [0.25, 0.3) is 0 Å². The van der Waals surface area contributed by atoms with E-state index in [4.69, 9.17) is 0 Å². The smallest absolute Gasteiger partial charge is 0.306 e. The first kappa shape index (κ1) is 15.6. The maximum Gasteiger partial charge on any atom is 0.306 e. The second-order valence-corrected chi connectivity index (χ2v) is 5.27. The van der Waals surface area contributed by atoms with E-state index >= 15 is 0 Å². The number of hydrogen-bond acceptors (Lipinski definition) is 7. The van der Waals surface area contributed by atoms with Crippen LogP contribution in [-0.4, -0.2) is 27.9 Å². The first-order chi connectivity index (χ1) is 10.3. The van der Waals surface area contributed by atoms with E-state index < -0.39 is 31.8 Å². The average molecular weight is 310 g/mol. The third kappa shape index (κ3) is 2.95. The van der Waals surface area contributed by atoms with Gasteiger partial charge in [-0.3, -0.25) is 30.3 Å². The SMILES string of the molecule is CC1CCN(c2c([N+](=O)[O-])cc([N+](=O)[O-])cc2[N+](=O)[O-])CC1. The van der Waals surface area contributed by atoms with Crippen molar-refractivity contribution in [1.29, 1.82) is 0 Å². The summed E-state index contributed by atoms with van der Waals surface area (Å²) in [5.74, 6) is 0.437. The van der Waals surface area contributed by atoms with Crippen LogP contribution in [0.3, 0.4) is 0 Å². The Kier molecular flexibility index (Phi) is 4.20. The van der Waals surface area contributed by atoms with Crippen LogP contribution < -0.4 is 4.90 Å². The van der Waals surface area contributed by atoms with Gasteiger partial charge in [0.25, 0.3) is 5.69 Å². The number of anilines is 1. The second-order valence-electron chi connectivity index (χ2n) is 5.27. The topological polar surface area (TPSA) is 133 Å². The van der Waals surface area contributed by atoms with Crippen molar-refractivity contribution in [1.82, 2.24) is 0 Å². The van der Waals surface area contributed by atoms with Crippen LogP contribution in [0.5, 0.6) is 0 Å². The van der Waals surface area contributed by atoms with Crippen molar-refractivity contribution in [3.8, 4) is 0 Å². The van der Waals surface area contributed by atoms with Gasteiger partial charge in [-0.25, -0.2) is 0 Å². The molecular weight excluding hydrogens is 296 g/mol. The van der Waals surface area contributed by atoms with Gasteiger partial charge < -0.3 is 4.90 Å². The molecule has 0 saturated carbocycles. The Balaban J connectivity index is 2.61. The number of non-ortho nitro benzene ring substituents is 1. The normalized spacial score (nSPS) is 15.6. The summed E-state index contributed by atoms with van der Waals surface area (Å²) in [4.78, 5) is 32.3. The summed E-state index contributed by atoms with van der Waals surface area (Å²) in [7, 11) is 0. The number of nitrogens with zero attached hydrogens (tertiary/aromatic N) is 4. The van der Waals surface area contributed by atoms with Gasteiger partial charge in [0.05, 0.1) is 26.9 Å². The van der Waals surface area contributed by atoms with Crippen LogP contribution in [0.15, 0.2) is 12.1 Å². The Bertz CT molecular complexity index is 603. The van der Waals surface area contributed by atoms with E-state index in [0.29, 0.717) is 19.0 Å². The summed E-state index contributed by atoms with van der Waals surface area (Å²) < 4.78 is 0. The molecule has 1 aromatic carbocycles. The highest BCUT2D eigenvalue weighted by Gasteiger charge is 2.35. The minimum atomic E-state index is -0.873. The van der Waals surface area contributed by atoms with E-state index in [1.807, 2.05) is 6.92 Å². The number of benzene rings is 1. The van der Waals surface area contributed by atoms with E-state index in [1.54, 1.807) is 4.90 Å². The highest BCUT2D eigenvalue weighted by atomic mass is 16.6. The fourth-order valence-electron chi connectivity index (χ4n) is 2.53. The second kappa shape index (κ2) is 5.92. The Hall–Kier alpha value is -2.78. The van der Waals surface area contributed by atoms with Crippen molar-refractivity contribution >= 4 is 22.7 Å². The van der Waals surface area contributed by atoms with Crippen LogP contribution in [0, 0.1) is 36.3 Å². The quantitative estimate of drug-likeness (QED) is 0.616. The van der Waals surface area contributed by atoms with Crippen molar-refractivity contribution in [3.63, 3.8) is 0 Å². The lowest BCUT2D eigenvalue weighted by molar-refractivity contribution is -0.402. The van der Waals surface area contributed by atoms with Crippen LogP contribution in [0.4, 0.5) is 22.7 Å². The van der Waals surface area contributed by atoms with Gasteiger partial charge in [-0.1, -0.05) is 6.92 Å². The summed E-state index contributed by atoms with van der Waals surface area (Å²) >= 11 is 0. The molecule has 1 aliphatic heterocycles. The summed E-state index contributed by atoms with van der Waals surface area (Å²) in [6.07, 6.45) is 1.51. The van der Waals surface area contributed by atoms with Crippen LogP contribution in [0.2, 0.25) is 0 Å². The lowest BCUT2D eigenvalue weighted by atomic mass is 9.98. The number of nitro benzene ring substituents is 3. The highest BCUT2D eigenvalue weighted by Crippen LogP contribution is 2.42. The van der Waals surface area contributed by atoms with Crippen molar-refractivity contribution in [3.05, 3.63) is 42.5 Å². The number of piperidine rings is 1. The summed E-state index contributed by atoms with van der Waals surface area (Å²) in [5, 5.41) is 33.3. The van der Waals surface area contributed by atoms with E-state index in [2.05, 4.69) is 0 Å². The molecule has 1 fully saturated rings. The molecule has 0 aromatic heterocycles. The zero-order valence-corrected chi connectivity index (χ0v) is 11.8. The zero-order chi connectivity index (χ0) is 16.4. The first-order valence-corrected chi connectivity index (χ1v) is 6.67. The molecular formula is C12H14N4O6. The molecule has 22 heavy (non-hydrogen) atoms. The summed E-state index contributed by atoms with van der Waals surface area (Å²) in [6, 6.07) is 1.56. The fraction of sp³-hybridized carbons (Fsp3) is 0.500. The average Bonchev–Trinajstić information content (AvgIpc) is 2.46. The third-order valence-electron chi connectivity index (χ3n) is 3.76. The summed E-state index contributed by atoms with van der Waals surface area (Å²) in [5.41, 5.74) is -2.01. The molecule has 118 valence electrons. The van der Waals surface area contributed by atoms with Crippen LogP contribution >= 0.6 is 0 Å². The molecule has 0 N–H and O–H groups in total. The fourth-order valence-corrected chi connectivity index (χ4v) is 2.53. The molecule has 0 radical (unpaired) electrons. The highest BCUT2D eigenvalue weighted by molar-refractivity contribution is 5.78. The Morgan fingerprint density at radius 2 is 1.41 bits per heavy atom. The van der Waals surface area contributed by atoms with E-state index in [9.17, 15) is 30.3 Å². The molecule has 0 atom stereocenters. The van der Waals surface area contributed by atoms with Gasteiger partial charge in [-0.15, -0.1) is 0 Å². The predicted octanol–water partition coefficient (Wildman–Crippen LogP) is 2.65. The standard InChI is InChI=1S/C12H14N4O6/c1-8-2-4-13(5-3-8)12-10(15(19)20)6-9(14(17)18)7-11(12)16(21)22/h6-8H,2-5H2,1H3. The third-order valence-corrected chi connectivity index (χ3v) is 3.76. The maximum absolute atomic E-state index is 11.2. The van der Waals surface area contributed by atoms with E-state index in [1.165, 1.54) is 0 Å². The molecule has 1 aliphatic rings. The maximum atomic E-state index is 11.2. The van der Waals surface area contributed by atoms with E-state index in [-0.39, 0.29) is 5.69 Å². The first-order valence-electron chi connectivity index (χ1n) is 6.67. The lowest BCUT2D eigenvalue weighted by Gasteiger charge is -2.31. The molecule has 0 aliphatic carbocycles. The summed E-state index contributed by atoms with van der Waals surface area (Å²) in [6.45, 7) is 2.93. The molecule has 1 heterocycles. The van der Waals surface area contributed by atoms with Gasteiger partial charge in [0, 0.05) is 13.1 Å². The Morgan fingerprint density at radius 3 is 1.77 bits per heavy atom. The van der Waals surface area contributed by atoms with Gasteiger partial charge in [0.2, 0.25) is 0 Å². The predicted molar refractivity (Wildman–Crippen MR) is 77.0 cm³/mol. The Labute approximate surface area is 124 Å². The zero-order valence-electron chi connectivity index (χ0n) is 11.8. The molecule has 0 amide bonds. The van der Waals surface area contributed by atoms with Crippen molar-refractivity contribution < 1.29 is 14.8 Å². The van der Waals surface area contributed by atoms with Gasteiger partial charge in [0.1, 0.15) is 0 Å². The molecule has 10 heteroatoms. The van der Waals surface area contributed by atoms with Gasteiger partial charge >= 0.3 is 11.4 Å².